The van der Waals surface area contributed by atoms with Crippen molar-refractivity contribution in [3.05, 3.63) is 41.5 Å². The highest BCUT2D eigenvalue weighted by molar-refractivity contribution is 6.14. The van der Waals surface area contributed by atoms with Gasteiger partial charge in [-0.15, -0.1) is 0 Å². The Morgan fingerprint density at radius 1 is 1.05 bits per heavy atom. The largest absolute Gasteiger partial charge is 0.497 e. The maximum atomic E-state index is 11.9. The number of benzene rings is 1. The van der Waals surface area contributed by atoms with E-state index in [0.717, 1.165) is 11.3 Å². The predicted octanol–water partition coefficient (Wildman–Crippen LogP) is 2.85. The van der Waals surface area contributed by atoms with Crippen molar-refractivity contribution in [2.45, 2.75) is 26.7 Å². The minimum absolute atomic E-state index is 0.0768. The number of allylic oxidation sites excluding steroid dienone is 1. The van der Waals surface area contributed by atoms with Crippen LogP contribution in [0.4, 0.5) is 0 Å². The molecular weight excluding hydrogens is 284 g/mol. The first kappa shape index (κ1) is 17.8. The third-order valence-corrected chi connectivity index (χ3v) is 3.05. The Morgan fingerprint density at radius 3 is 1.95 bits per heavy atom. The number of ether oxygens (including phenoxy) is 3. The molecular formula is C17H22O5. The number of hydrogen-bond donors (Lipinski definition) is 0. The van der Waals surface area contributed by atoms with Crippen molar-refractivity contribution >= 4 is 11.9 Å². The van der Waals surface area contributed by atoms with E-state index in [1.54, 1.807) is 27.0 Å². The first-order valence-corrected chi connectivity index (χ1v) is 7.23. The second-order valence-electron chi connectivity index (χ2n) is 4.58. The van der Waals surface area contributed by atoms with Gasteiger partial charge in [0.25, 0.3) is 0 Å². The molecule has 1 atom stereocenters. The average Bonchev–Trinajstić information content (AvgIpc) is 2.52. The molecule has 0 fully saturated rings. The van der Waals surface area contributed by atoms with Crippen LogP contribution in [-0.4, -0.2) is 32.3 Å². The van der Waals surface area contributed by atoms with Crippen LogP contribution in [0.1, 0.15) is 32.3 Å². The van der Waals surface area contributed by atoms with Gasteiger partial charge < -0.3 is 14.2 Å². The molecule has 22 heavy (non-hydrogen) atoms. The van der Waals surface area contributed by atoms with Crippen LogP contribution in [0, 0.1) is 0 Å². The summed E-state index contributed by atoms with van der Waals surface area (Å²) in [6, 6.07) is 7.42. The minimum atomic E-state index is -0.665. The second-order valence-corrected chi connectivity index (χ2v) is 4.58. The van der Waals surface area contributed by atoms with Crippen molar-refractivity contribution in [3.8, 4) is 5.75 Å². The summed E-state index contributed by atoms with van der Waals surface area (Å²) in [5.74, 6) is -0.728. The molecule has 5 nitrogen and oxygen atoms in total. The molecule has 0 saturated carbocycles. The number of rotatable bonds is 7. The third-order valence-electron chi connectivity index (χ3n) is 3.05. The average molecular weight is 306 g/mol. The van der Waals surface area contributed by atoms with E-state index in [1.165, 1.54) is 0 Å². The van der Waals surface area contributed by atoms with E-state index in [0.29, 0.717) is 0 Å². The van der Waals surface area contributed by atoms with Gasteiger partial charge in [0.05, 0.1) is 20.3 Å². The van der Waals surface area contributed by atoms with Gasteiger partial charge >= 0.3 is 11.9 Å². The Labute approximate surface area is 130 Å². The van der Waals surface area contributed by atoms with Crippen LogP contribution in [0.3, 0.4) is 0 Å². The van der Waals surface area contributed by atoms with Crippen LogP contribution < -0.4 is 4.74 Å². The highest BCUT2D eigenvalue weighted by Crippen LogP contribution is 2.22. The number of esters is 2. The van der Waals surface area contributed by atoms with Gasteiger partial charge in [-0.25, -0.2) is 9.59 Å². The molecule has 1 aromatic rings. The summed E-state index contributed by atoms with van der Waals surface area (Å²) in [4.78, 5) is 23.8. The van der Waals surface area contributed by atoms with Crippen LogP contribution in [0.5, 0.6) is 5.75 Å². The zero-order valence-electron chi connectivity index (χ0n) is 13.4. The summed E-state index contributed by atoms with van der Waals surface area (Å²) >= 11 is 0. The van der Waals surface area contributed by atoms with Gasteiger partial charge in [0.15, 0.2) is 0 Å². The van der Waals surface area contributed by atoms with Crippen molar-refractivity contribution in [1.82, 2.24) is 0 Å². The summed E-state index contributed by atoms with van der Waals surface area (Å²) in [7, 11) is 1.60. The summed E-state index contributed by atoms with van der Waals surface area (Å²) in [5, 5.41) is 0. The Balaban J connectivity index is 3.02. The molecule has 0 bridgehead atoms. The quantitative estimate of drug-likeness (QED) is 0.335. The Kier molecular flexibility index (Phi) is 7.16. The summed E-state index contributed by atoms with van der Waals surface area (Å²) in [5.41, 5.74) is 0.874. The van der Waals surface area contributed by atoms with Gasteiger partial charge in [-0.1, -0.05) is 25.1 Å². The van der Waals surface area contributed by atoms with E-state index in [1.807, 2.05) is 31.2 Å². The number of hydrogen-bond acceptors (Lipinski definition) is 5. The van der Waals surface area contributed by atoms with Gasteiger partial charge in [-0.2, -0.15) is 0 Å². The molecule has 0 radical (unpaired) electrons. The van der Waals surface area contributed by atoms with Crippen molar-refractivity contribution in [1.29, 1.82) is 0 Å². The SMILES string of the molecule is CCOC(=O)C(=C[C@@H](C)c1ccc(OC)cc1)C(=O)OCC. The van der Waals surface area contributed by atoms with Gasteiger partial charge in [0.1, 0.15) is 11.3 Å². The molecule has 0 N–H and O–H groups in total. The van der Waals surface area contributed by atoms with Crippen LogP contribution in [-0.2, 0) is 19.1 Å². The monoisotopic (exact) mass is 306 g/mol. The lowest BCUT2D eigenvalue weighted by Crippen LogP contribution is -2.19. The van der Waals surface area contributed by atoms with E-state index in [9.17, 15) is 9.59 Å². The van der Waals surface area contributed by atoms with Gasteiger partial charge in [0, 0.05) is 5.92 Å². The van der Waals surface area contributed by atoms with Crippen molar-refractivity contribution < 1.29 is 23.8 Å². The van der Waals surface area contributed by atoms with Gasteiger partial charge in [-0.05, 0) is 31.5 Å². The van der Waals surface area contributed by atoms with Crippen molar-refractivity contribution in [2.24, 2.45) is 0 Å². The fourth-order valence-corrected chi connectivity index (χ4v) is 1.89. The highest BCUT2D eigenvalue weighted by Gasteiger charge is 2.22. The van der Waals surface area contributed by atoms with Crippen LogP contribution >= 0.6 is 0 Å². The maximum absolute atomic E-state index is 11.9. The fourth-order valence-electron chi connectivity index (χ4n) is 1.89. The zero-order chi connectivity index (χ0) is 16.5. The molecule has 0 heterocycles. The first-order chi connectivity index (χ1) is 10.5. The van der Waals surface area contributed by atoms with E-state index < -0.39 is 11.9 Å². The number of methoxy groups -OCH3 is 1. The zero-order valence-corrected chi connectivity index (χ0v) is 13.4. The standard InChI is InChI=1S/C17H22O5/c1-5-21-16(18)15(17(19)22-6-2)11-12(3)13-7-9-14(20-4)10-8-13/h7-12H,5-6H2,1-4H3/t12-/m1/s1. The molecule has 0 amide bonds. The minimum Gasteiger partial charge on any atom is -0.497 e. The lowest BCUT2D eigenvalue weighted by atomic mass is 9.98. The molecule has 0 aromatic heterocycles. The molecule has 1 rings (SSSR count). The van der Waals surface area contributed by atoms with Gasteiger partial charge in [-0.3, -0.25) is 0 Å². The first-order valence-electron chi connectivity index (χ1n) is 7.23. The Bertz CT molecular complexity index is 510. The second kappa shape index (κ2) is 8.87. The molecule has 5 heteroatoms. The third kappa shape index (κ3) is 4.91. The van der Waals surface area contributed by atoms with Crippen LogP contribution in [0.15, 0.2) is 35.9 Å². The fraction of sp³-hybridized carbons (Fsp3) is 0.412. The van der Waals surface area contributed by atoms with Crippen molar-refractivity contribution in [2.75, 3.05) is 20.3 Å². The topological polar surface area (TPSA) is 61.8 Å². The molecule has 0 spiro atoms. The Hall–Kier alpha value is -2.30. The highest BCUT2D eigenvalue weighted by atomic mass is 16.6. The lowest BCUT2D eigenvalue weighted by Gasteiger charge is -2.11. The van der Waals surface area contributed by atoms with Gasteiger partial charge in [0.2, 0.25) is 0 Å². The molecule has 0 unspecified atom stereocenters. The van der Waals surface area contributed by atoms with E-state index in [2.05, 4.69) is 0 Å². The molecule has 0 aliphatic carbocycles. The molecule has 0 saturated heterocycles. The van der Waals surface area contributed by atoms with Crippen LogP contribution in [0.2, 0.25) is 0 Å². The summed E-state index contributed by atoms with van der Waals surface area (Å²) in [6.07, 6.45) is 1.57. The normalized spacial score (nSPS) is 11.3. The van der Waals surface area contributed by atoms with E-state index in [-0.39, 0.29) is 24.7 Å². The lowest BCUT2D eigenvalue weighted by molar-refractivity contribution is -0.146. The summed E-state index contributed by atoms with van der Waals surface area (Å²) in [6.45, 7) is 5.67. The van der Waals surface area contributed by atoms with Crippen LogP contribution in [0.25, 0.3) is 0 Å². The van der Waals surface area contributed by atoms with E-state index >= 15 is 0 Å². The van der Waals surface area contributed by atoms with E-state index in [4.69, 9.17) is 14.2 Å². The maximum Gasteiger partial charge on any atom is 0.345 e. The molecule has 1 aromatic carbocycles. The molecule has 120 valence electrons. The smallest absolute Gasteiger partial charge is 0.345 e. The molecule has 0 aliphatic rings. The Morgan fingerprint density at radius 2 is 1.55 bits per heavy atom. The van der Waals surface area contributed by atoms with Crippen molar-refractivity contribution in [3.63, 3.8) is 0 Å². The number of carbonyl (C=O) groups is 2. The summed E-state index contributed by atoms with van der Waals surface area (Å²) < 4.78 is 14.9. The number of carbonyl (C=O) groups excluding carboxylic acids is 2. The molecule has 0 aliphatic heterocycles. The predicted molar refractivity (Wildman–Crippen MR) is 82.8 cm³/mol.